The Kier molecular flexibility index (Phi) is 7.21. The van der Waals surface area contributed by atoms with Crippen molar-refractivity contribution in [3.8, 4) is 11.5 Å². The van der Waals surface area contributed by atoms with Gasteiger partial charge in [-0.3, -0.25) is 9.69 Å². The molecule has 0 aliphatic carbocycles. The van der Waals surface area contributed by atoms with Crippen LogP contribution in [0, 0.1) is 0 Å². The first-order valence-corrected chi connectivity index (χ1v) is 11.1. The monoisotopic (exact) mass is 457 g/mol. The van der Waals surface area contributed by atoms with E-state index >= 15 is 0 Å². The number of benzene rings is 1. The Morgan fingerprint density at radius 3 is 2.45 bits per heavy atom. The summed E-state index contributed by atoms with van der Waals surface area (Å²) in [6.07, 6.45) is 0. The zero-order valence-corrected chi connectivity index (χ0v) is 19.6. The number of aromatic nitrogens is 5. The number of tetrazole rings is 1. The zero-order valence-electron chi connectivity index (χ0n) is 19.6. The molecule has 3 aromatic rings. The van der Waals surface area contributed by atoms with Gasteiger partial charge in [0.1, 0.15) is 6.04 Å². The minimum atomic E-state index is -0.392. The number of nitrogens with zero attached hydrogens (tertiary/aromatic N) is 6. The van der Waals surface area contributed by atoms with Gasteiger partial charge in [0.15, 0.2) is 17.3 Å². The quantitative estimate of drug-likeness (QED) is 0.501. The van der Waals surface area contributed by atoms with Crippen LogP contribution in [-0.2, 0) is 11.3 Å². The maximum absolute atomic E-state index is 13.3. The molecule has 1 aromatic carbocycles. The van der Waals surface area contributed by atoms with Crippen LogP contribution < -0.4 is 15.0 Å². The number of fused-ring (bicyclic) bond motifs is 1. The standard InChI is InChI=1S/C22H31N7O4/c1-5-27-6-8-28(9-7-27)20(21-24-25-26-29(21)10-11-31-2)16-12-15-13-18(32-3)19(33-4)14-17(15)23-22(16)30/h12-14,20H,5-11H2,1-4H3,(H,23,30)/t20-/m1/s1. The van der Waals surface area contributed by atoms with Crippen molar-refractivity contribution in [1.29, 1.82) is 0 Å². The van der Waals surface area contributed by atoms with Crippen LogP contribution in [0.25, 0.3) is 10.9 Å². The third-order valence-corrected chi connectivity index (χ3v) is 6.20. The second-order valence-corrected chi connectivity index (χ2v) is 7.97. The number of hydrogen-bond acceptors (Lipinski definition) is 9. The first-order valence-electron chi connectivity index (χ1n) is 11.1. The lowest BCUT2D eigenvalue weighted by molar-refractivity contribution is 0.106. The molecule has 1 saturated heterocycles. The Morgan fingerprint density at radius 2 is 1.79 bits per heavy atom. The number of methoxy groups -OCH3 is 3. The molecule has 33 heavy (non-hydrogen) atoms. The van der Waals surface area contributed by atoms with Crippen LogP contribution in [0.3, 0.4) is 0 Å². The second-order valence-electron chi connectivity index (χ2n) is 7.97. The number of nitrogens with one attached hydrogen (secondary N) is 1. The van der Waals surface area contributed by atoms with Crippen molar-refractivity contribution >= 4 is 10.9 Å². The van der Waals surface area contributed by atoms with Crippen LogP contribution in [0.4, 0.5) is 0 Å². The SMILES string of the molecule is CCN1CCN([C@H](c2cc3cc(OC)c(OC)cc3[nH]c2=O)c2nnnn2CCOC)CC1. The molecule has 11 heteroatoms. The number of likely N-dealkylation sites (N-methyl/N-ethyl adjacent to an activating group) is 1. The van der Waals surface area contributed by atoms with Gasteiger partial charge in [-0.25, -0.2) is 4.68 Å². The van der Waals surface area contributed by atoms with Gasteiger partial charge < -0.3 is 24.1 Å². The van der Waals surface area contributed by atoms with E-state index in [0.717, 1.165) is 38.1 Å². The predicted octanol–water partition coefficient (Wildman–Crippen LogP) is 0.905. The maximum atomic E-state index is 13.3. The van der Waals surface area contributed by atoms with Gasteiger partial charge in [-0.2, -0.15) is 0 Å². The third-order valence-electron chi connectivity index (χ3n) is 6.20. The molecule has 0 spiro atoms. The van der Waals surface area contributed by atoms with Gasteiger partial charge >= 0.3 is 0 Å². The second kappa shape index (κ2) is 10.3. The van der Waals surface area contributed by atoms with E-state index in [-0.39, 0.29) is 5.56 Å². The number of rotatable bonds is 9. The summed E-state index contributed by atoms with van der Waals surface area (Å²) in [5.74, 6) is 1.78. The summed E-state index contributed by atoms with van der Waals surface area (Å²) in [6, 6.07) is 5.16. The molecule has 0 saturated carbocycles. The number of hydrogen-bond donors (Lipinski definition) is 1. The molecule has 3 heterocycles. The molecule has 4 rings (SSSR count). The molecule has 1 aliphatic heterocycles. The van der Waals surface area contributed by atoms with E-state index in [1.165, 1.54) is 0 Å². The fraction of sp³-hybridized carbons (Fsp3) is 0.545. The van der Waals surface area contributed by atoms with Gasteiger partial charge in [0.25, 0.3) is 5.56 Å². The molecule has 11 nitrogen and oxygen atoms in total. The Balaban J connectivity index is 1.82. The summed E-state index contributed by atoms with van der Waals surface area (Å²) in [6.45, 7) is 7.58. The fourth-order valence-electron chi connectivity index (χ4n) is 4.33. The Morgan fingerprint density at radius 1 is 1.06 bits per heavy atom. The van der Waals surface area contributed by atoms with Crippen LogP contribution in [0.1, 0.15) is 24.4 Å². The van der Waals surface area contributed by atoms with E-state index in [0.29, 0.717) is 41.6 Å². The van der Waals surface area contributed by atoms with E-state index in [9.17, 15) is 4.79 Å². The Hall–Kier alpha value is -3.02. The summed E-state index contributed by atoms with van der Waals surface area (Å²) >= 11 is 0. The highest BCUT2D eigenvalue weighted by Gasteiger charge is 2.32. The lowest BCUT2D eigenvalue weighted by Gasteiger charge is -2.38. The molecular formula is C22H31N7O4. The molecule has 2 aromatic heterocycles. The van der Waals surface area contributed by atoms with Gasteiger partial charge in [0.2, 0.25) is 0 Å². The van der Waals surface area contributed by atoms with Crippen LogP contribution >= 0.6 is 0 Å². The smallest absolute Gasteiger partial charge is 0.253 e. The highest BCUT2D eigenvalue weighted by molar-refractivity contribution is 5.83. The average molecular weight is 458 g/mol. The Labute approximate surface area is 192 Å². The largest absolute Gasteiger partial charge is 0.493 e. The number of piperazine rings is 1. The molecule has 0 radical (unpaired) electrons. The fourth-order valence-corrected chi connectivity index (χ4v) is 4.33. The summed E-state index contributed by atoms with van der Waals surface area (Å²) in [5.41, 5.74) is 1.09. The molecular weight excluding hydrogens is 426 g/mol. The van der Waals surface area contributed by atoms with Gasteiger partial charge in [0, 0.05) is 50.3 Å². The van der Waals surface area contributed by atoms with Gasteiger partial charge in [-0.1, -0.05) is 6.92 Å². The molecule has 0 bridgehead atoms. The lowest BCUT2D eigenvalue weighted by atomic mass is 10.0. The third kappa shape index (κ3) is 4.70. The van der Waals surface area contributed by atoms with Gasteiger partial charge in [0.05, 0.1) is 32.9 Å². The molecule has 0 amide bonds. The molecule has 178 valence electrons. The Bertz CT molecular complexity index is 1140. The highest BCUT2D eigenvalue weighted by atomic mass is 16.5. The van der Waals surface area contributed by atoms with E-state index in [1.54, 1.807) is 32.1 Å². The first-order chi connectivity index (χ1) is 16.1. The molecule has 1 atom stereocenters. The van der Waals surface area contributed by atoms with E-state index in [1.807, 2.05) is 12.1 Å². The summed E-state index contributed by atoms with van der Waals surface area (Å²) < 4.78 is 17.8. The van der Waals surface area contributed by atoms with Crippen LogP contribution in [0.15, 0.2) is 23.0 Å². The normalized spacial score (nSPS) is 16.2. The van der Waals surface area contributed by atoms with E-state index in [2.05, 4.69) is 37.2 Å². The van der Waals surface area contributed by atoms with Crippen molar-refractivity contribution in [2.24, 2.45) is 0 Å². The molecule has 0 unspecified atom stereocenters. The number of pyridine rings is 1. The average Bonchev–Trinajstić information content (AvgIpc) is 3.30. The van der Waals surface area contributed by atoms with Crippen molar-refractivity contribution < 1.29 is 14.2 Å². The highest BCUT2D eigenvalue weighted by Crippen LogP contribution is 2.33. The van der Waals surface area contributed by atoms with Crippen molar-refractivity contribution in [3.63, 3.8) is 0 Å². The topological polar surface area (TPSA) is 111 Å². The molecule has 1 aliphatic rings. The molecule has 1 N–H and O–H groups in total. The van der Waals surface area contributed by atoms with Crippen LogP contribution in [0.2, 0.25) is 0 Å². The summed E-state index contributed by atoms with van der Waals surface area (Å²) in [5, 5.41) is 13.2. The van der Waals surface area contributed by atoms with E-state index < -0.39 is 6.04 Å². The molecule has 1 fully saturated rings. The van der Waals surface area contributed by atoms with Crippen molar-refractivity contribution in [3.05, 3.63) is 39.9 Å². The van der Waals surface area contributed by atoms with Crippen molar-refractivity contribution in [1.82, 2.24) is 35.0 Å². The van der Waals surface area contributed by atoms with Gasteiger partial charge in [-0.15, -0.1) is 5.10 Å². The number of ether oxygens (including phenoxy) is 3. The number of H-pyrrole nitrogens is 1. The van der Waals surface area contributed by atoms with Gasteiger partial charge in [-0.05, 0) is 29.1 Å². The van der Waals surface area contributed by atoms with Crippen molar-refractivity contribution in [2.45, 2.75) is 19.5 Å². The van der Waals surface area contributed by atoms with Crippen molar-refractivity contribution in [2.75, 3.05) is 60.7 Å². The minimum absolute atomic E-state index is 0.182. The maximum Gasteiger partial charge on any atom is 0.253 e. The lowest BCUT2D eigenvalue weighted by Crippen LogP contribution is -2.49. The van der Waals surface area contributed by atoms with E-state index in [4.69, 9.17) is 14.2 Å². The predicted molar refractivity (Wildman–Crippen MR) is 123 cm³/mol. The summed E-state index contributed by atoms with van der Waals surface area (Å²) in [7, 11) is 4.80. The number of aromatic amines is 1. The first kappa shape index (κ1) is 23.1. The zero-order chi connectivity index (χ0) is 23.4. The summed E-state index contributed by atoms with van der Waals surface area (Å²) in [4.78, 5) is 21.0. The van der Waals surface area contributed by atoms with Crippen LogP contribution in [-0.4, -0.2) is 95.7 Å². The minimum Gasteiger partial charge on any atom is -0.493 e. The van der Waals surface area contributed by atoms with Crippen LogP contribution in [0.5, 0.6) is 11.5 Å².